The molecule has 1 heterocycles. The molecule has 0 bridgehead atoms. The Morgan fingerprint density at radius 1 is 1.00 bits per heavy atom. The third kappa shape index (κ3) is 4.78. The van der Waals surface area contributed by atoms with Crippen molar-refractivity contribution >= 4 is 39.8 Å². The maximum atomic E-state index is 12.4. The van der Waals surface area contributed by atoms with Crippen LogP contribution in [0, 0.1) is 6.92 Å². The number of esters is 2. The monoisotopic (exact) mass is 491 g/mol. The van der Waals surface area contributed by atoms with Gasteiger partial charge >= 0.3 is 11.9 Å². The number of aryl methyl sites for hydroxylation is 1. The molecule has 1 aliphatic heterocycles. The number of hydrogen-bond acceptors (Lipinski definition) is 6. The van der Waals surface area contributed by atoms with Crippen molar-refractivity contribution in [2.24, 2.45) is 4.99 Å². The summed E-state index contributed by atoms with van der Waals surface area (Å²) in [5, 5.41) is 0. The molecule has 0 aromatic heterocycles. The molecule has 1 aliphatic rings. The van der Waals surface area contributed by atoms with E-state index in [1.807, 2.05) is 31.2 Å². The van der Waals surface area contributed by atoms with Crippen molar-refractivity contribution in [1.29, 1.82) is 0 Å². The predicted molar refractivity (Wildman–Crippen MR) is 124 cm³/mol. The van der Waals surface area contributed by atoms with Crippen molar-refractivity contribution in [2.75, 3.05) is 7.11 Å². The predicted octanol–water partition coefficient (Wildman–Crippen LogP) is 5.33. The first-order chi connectivity index (χ1) is 15.4. The van der Waals surface area contributed by atoms with Crippen molar-refractivity contribution in [3.63, 3.8) is 0 Å². The standard InChI is InChI=1S/C25H18BrNO5/c1-15-3-6-17(7-4-15)23-27-20(25(29)32-23)13-16-5-12-21(22(14-16)30-2)31-24(28)18-8-10-19(26)11-9-18/h3-14H,1-2H3/b20-13-. The number of ether oxygens (including phenoxy) is 3. The van der Waals surface area contributed by atoms with E-state index in [1.54, 1.807) is 48.5 Å². The molecule has 6 nitrogen and oxygen atoms in total. The van der Waals surface area contributed by atoms with Gasteiger partial charge < -0.3 is 14.2 Å². The lowest BCUT2D eigenvalue weighted by atomic mass is 10.1. The number of nitrogens with zero attached hydrogens (tertiary/aromatic N) is 1. The van der Waals surface area contributed by atoms with Gasteiger partial charge in [-0.15, -0.1) is 0 Å². The van der Waals surface area contributed by atoms with Gasteiger partial charge in [-0.2, -0.15) is 0 Å². The van der Waals surface area contributed by atoms with E-state index in [1.165, 1.54) is 7.11 Å². The number of carbonyl (C=O) groups excluding carboxylic acids is 2. The first-order valence-corrected chi connectivity index (χ1v) is 10.5. The van der Waals surface area contributed by atoms with Gasteiger partial charge in [0.2, 0.25) is 5.90 Å². The molecule has 0 saturated carbocycles. The molecule has 0 amide bonds. The topological polar surface area (TPSA) is 74.2 Å². The zero-order chi connectivity index (χ0) is 22.7. The van der Waals surface area contributed by atoms with Crippen molar-refractivity contribution in [1.82, 2.24) is 0 Å². The number of aliphatic imine (C=N–C) groups is 1. The van der Waals surface area contributed by atoms with E-state index in [0.29, 0.717) is 16.9 Å². The van der Waals surface area contributed by atoms with E-state index in [4.69, 9.17) is 14.2 Å². The molecule has 0 aliphatic carbocycles. The zero-order valence-corrected chi connectivity index (χ0v) is 18.9. The molecule has 3 aromatic rings. The largest absolute Gasteiger partial charge is 0.493 e. The highest BCUT2D eigenvalue weighted by atomic mass is 79.9. The maximum absolute atomic E-state index is 12.4. The van der Waals surface area contributed by atoms with Crippen LogP contribution in [-0.4, -0.2) is 24.9 Å². The zero-order valence-electron chi connectivity index (χ0n) is 17.3. The van der Waals surface area contributed by atoms with Crippen LogP contribution in [0.3, 0.4) is 0 Å². The number of benzene rings is 3. The first-order valence-electron chi connectivity index (χ1n) is 9.68. The number of methoxy groups -OCH3 is 1. The minimum Gasteiger partial charge on any atom is -0.493 e. The molecule has 0 saturated heterocycles. The van der Waals surface area contributed by atoms with Gasteiger partial charge in [0.15, 0.2) is 17.2 Å². The summed E-state index contributed by atoms with van der Waals surface area (Å²) in [6, 6.07) is 19.3. The van der Waals surface area contributed by atoms with E-state index in [9.17, 15) is 9.59 Å². The van der Waals surface area contributed by atoms with E-state index in [-0.39, 0.29) is 17.3 Å². The summed E-state index contributed by atoms with van der Waals surface area (Å²) in [7, 11) is 1.47. The molecule has 0 N–H and O–H groups in total. The summed E-state index contributed by atoms with van der Waals surface area (Å²) >= 11 is 3.33. The van der Waals surface area contributed by atoms with Crippen LogP contribution in [0.1, 0.15) is 27.0 Å². The van der Waals surface area contributed by atoms with Crippen molar-refractivity contribution in [2.45, 2.75) is 6.92 Å². The lowest BCUT2D eigenvalue weighted by molar-refractivity contribution is -0.129. The Labute approximate surface area is 193 Å². The first kappa shape index (κ1) is 21.5. The Balaban J connectivity index is 1.56. The highest BCUT2D eigenvalue weighted by Gasteiger charge is 2.24. The van der Waals surface area contributed by atoms with Gasteiger partial charge in [0.25, 0.3) is 0 Å². The van der Waals surface area contributed by atoms with E-state index < -0.39 is 11.9 Å². The van der Waals surface area contributed by atoms with Crippen molar-refractivity contribution < 1.29 is 23.8 Å². The Bertz CT molecular complexity index is 1240. The highest BCUT2D eigenvalue weighted by molar-refractivity contribution is 9.10. The van der Waals surface area contributed by atoms with Crippen LogP contribution in [0.2, 0.25) is 0 Å². The number of hydrogen-bond donors (Lipinski definition) is 0. The maximum Gasteiger partial charge on any atom is 0.363 e. The van der Waals surface area contributed by atoms with Gasteiger partial charge in [-0.05, 0) is 67.1 Å². The second kappa shape index (κ2) is 9.20. The summed E-state index contributed by atoms with van der Waals surface area (Å²) in [6.07, 6.45) is 1.59. The third-order valence-electron chi connectivity index (χ3n) is 4.69. The normalized spacial score (nSPS) is 14.2. The average molecular weight is 492 g/mol. The Kier molecular flexibility index (Phi) is 6.18. The summed E-state index contributed by atoms with van der Waals surface area (Å²) in [5.41, 5.74) is 3.05. The number of halogens is 1. The Hall–Kier alpha value is -3.71. The highest BCUT2D eigenvalue weighted by Crippen LogP contribution is 2.30. The fraction of sp³-hybridized carbons (Fsp3) is 0.0800. The molecular weight excluding hydrogens is 474 g/mol. The van der Waals surface area contributed by atoms with Gasteiger partial charge in [0, 0.05) is 10.0 Å². The lowest BCUT2D eigenvalue weighted by Crippen LogP contribution is -2.09. The molecule has 160 valence electrons. The van der Waals surface area contributed by atoms with Crippen molar-refractivity contribution in [3.05, 3.63) is 99.2 Å². The van der Waals surface area contributed by atoms with Gasteiger partial charge in [0.1, 0.15) is 0 Å². The molecule has 0 unspecified atom stereocenters. The second-order valence-electron chi connectivity index (χ2n) is 7.01. The SMILES string of the molecule is COc1cc(/C=C2\N=C(c3ccc(C)cc3)OC2=O)ccc1OC(=O)c1ccc(Br)cc1. The number of cyclic esters (lactones) is 1. The summed E-state index contributed by atoms with van der Waals surface area (Å²) in [4.78, 5) is 29.0. The van der Waals surface area contributed by atoms with Crippen LogP contribution in [-0.2, 0) is 9.53 Å². The fourth-order valence-corrected chi connectivity index (χ4v) is 3.25. The number of carbonyl (C=O) groups is 2. The summed E-state index contributed by atoms with van der Waals surface area (Å²) < 4.78 is 17.0. The summed E-state index contributed by atoms with van der Waals surface area (Å²) in [6.45, 7) is 1.98. The molecule has 0 atom stereocenters. The van der Waals surface area contributed by atoms with Crippen LogP contribution < -0.4 is 9.47 Å². The van der Waals surface area contributed by atoms with E-state index in [0.717, 1.165) is 15.6 Å². The number of rotatable bonds is 5. The van der Waals surface area contributed by atoms with Gasteiger partial charge in [-0.3, -0.25) is 0 Å². The average Bonchev–Trinajstić information content (AvgIpc) is 3.15. The van der Waals surface area contributed by atoms with Gasteiger partial charge in [-0.1, -0.05) is 39.7 Å². The molecular formula is C25H18BrNO5. The van der Waals surface area contributed by atoms with E-state index in [2.05, 4.69) is 20.9 Å². The minimum atomic E-state index is -0.537. The minimum absolute atomic E-state index is 0.169. The quantitative estimate of drug-likeness (QED) is 0.274. The van der Waals surface area contributed by atoms with Crippen LogP contribution >= 0.6 is 15.9 Å². The van der Waals surface area contributed by atoms with Crippen LogP contribution in [0.25, 0.3) is 6.08 Å². The Morgan fingerprint density at radius 3 is 2.41 bits per heavy atom. The molecule has 4 rings (SSSR count). The van der Waals surface area contributed by atoms with Crippen molar-refractivity contribution in [3.8, 4) is 11.5 Å². The fourth-order valence-electron chi connectivity index (χ4n) is 2.99. The third-order valence-corrected chi connectivity index (χ3v) is 5.22. The molecule has 32 heavy (non-hydrogen) atoms. The van der Waals surface area contributed by atoms with Gasteiger partial charge in [0.05, 0.1) is 12.7 Å². The smallest absolute Gasteiger partial charge is 0.363 e. The van der Waals surface area contributed by atoms with E-state index >= 15 is 0 Å². The molecule has 0 radical (unpaired) electrons. The van der Waals surface area contributed by atoms with Crippen LogP contribution in [0.5, 0.6) is 11.5 Å². The van der Waals surface area contributed by atoms with Gasteiger partial charge in [-0.25, -0.2) is 14.6 Å². The molecule has 0 spiro atoms. The summed E-state index contributed by atoms with van der Waals surface area (Å²) in [5.74, 6) is -0.175. The molecule has 3 aromatic carbocycles. The second-order valence-corrected chi connectivity index (χ2v) is 7.92. The van der Waals surface area contributed by atoms with Crippen LogP contribution in [0.15, 0.2) is 81.9 Å². The lowest BCUT2D eigenvalue weighted by Gasteiger charge is -2.10. The van der Waals surface area contributed by atoms with Crippen LogP contribution in [0.4, 0.5) is 0 Å². The molecule has 0 fully saturated rings. The Morgan fingerprint density at radius 2 is 1.72 bits per heavy atom. The molecule has 7 heteroatoms.